The van der Waals surface area contributed by atoms with Crippen LogP contribution in [0.2, 0.25) is 0 Å². The van der Waals surface area contributed by atoms with Gasteiger partial charge in [-0.3, -0.25) is 9.69 Å². The van der Waals surface area contributed by atoms with Crippen molar-refractivity contribution < 1.29 is 14.3 Å². The predicted octanol–water partition coefficient (Wildman–Crippen LogP) is 0.353. The molecule has 0 aromatic carbocycles. The summed E-state index contributed by atoms with van der Waals surface area (Å²) in [6, 6.07) is -0.321. The van der Waals surface area contributed by atoms with E-state index in [4.69, 9.17) is 4.74 Å². The minimum Gasteiger partial charge on any atom is -0.381 e. The van der Waals surface area contributed by atoms with Crippen molar-refractivity contribution in [1.29, 1.82) is 0 Å². The molecule has 2 atom stereocenters. The lowest BCUT2D eigenvalue weighted by Gasteiger charge is -2.32. The van der Waals surface area contributed by atoms with Gasteiger partial charge in [-0.2, -0.15) is 0 Å². The Kier molecular flexibility index (Phi) is 2.90. The fourth-order valence-corrected chi connectivity index (χ4v) is 2.20. The number of carbonyl (C=O) groups is 2. The number of ether oxygens (including phenoxy) is 1. The van der Waals surface area contributed by atoms with E-state index in [-0.39, 0.29) is 30.4 Å². The third kappa shape index (κ3) is 1.97. The molecule has 2 heterocycles. The van der Waals surface area contributed by atoms with Gasteiger partial charge in [0, 0.05) is 18.6 Å². The Morgan fingerprint density at radius 3 is 2.87 bits per heavy atom. The number of carbonyl (C=O) groups excluding carboxylic acids is 2. The highest BCUT2D eigenvalue weighted by molar-refractivity contribution is 6.02. The lowest BCUT2D eigenvalue weighted by Crippen LogP contribution is -2.45. The first-order valence-electron chi connectivity index (χ1n) is 5.38. The second kappa shape index (κ2) is 4.18. The average molecular weight is 212 g/mol. The Hall–Kier alpha value is -1.10. The van der Waals surface area contributed by atoms with Gasteiger partial charge in [0.25, 0.3) is 0 Å². The van der Waals surface area contributed by atoms with Crippen LogP contribution in [0.25, 0.3) is 0 Å². The molecular weight excluding hydrogens is 196 g/mol. The van der Waals surface area contributed by atoms with Gasteiger partial charge in [0.05, 0.1) is 13.2 Å². The molecule has 0 aromatic heterocycles. The molecular formula is C10H16N2O3. The molecule has 2 aliphatic rings. The summed E-state index contributed by atoms with van der Waals surface area (Å²) < 4.78 is 5.36. The van der Waals surface area contributed by atoms with Crippen LogP contribution in [0, 0.1) is 5.92 Å². The maximum absolute atomic E-state index is 11.5. The van der Waals surface area contributed by atoms with E-state index in [1.165, 1.54) is 4.90 Å². The minimum atomic E-state index is -0.266. The highest BCUT2D eigenvalue weighted by atomic mass is 16.5. The fourth-order valence-electron chi connectivity index (χ4n) is 2.20. The first kappa shape index (κ1) is 10.4. The monoisotopic (exact) mass is 212 g/mol. The van der Waals surface area contributed by atoms with Crippen molar-refractivity contribution in [3.63, 3.8) is 0 Å². The molecule has 5 nitrogen and oxygen atoms in total. The minimum absolute atomic E-state index is 0.0553. The zero-order chi connectivity index (χ0) is 10.8. The predicted molar refractivity (Wildman–Crippen MR) is 53.2 cm³/mol. The van der Waals surface area contributed by atoms with Crippen molar-refractivity contribution in [1.82, 2.24) is 10.2 Å². The second-order valence-corrected chi connectivity index (χ2v) is 4.14. The van der Waals surface area contributed by atoms with E-state index in [1.807, 2.05) is 6.92 Å². The van der Waals surface area contributed by atoms with Gasteiger partial charge in [-0.25, -0.2) is 4.79 Å². The molecule has 1 N–H and O–H groups in total. The molecule has 0 bridgehead atoms. The van der Waals surface area contributed by atoms with E-state index in [9.17, 15) is 9.59 Å². The molecule has 3 amide bonds. The van der Waals surface area contributed by atoms with Gasteiger partial charge in [-0.15, -0.1) is 0 Å². The molecule has 15 heavy (non-hydrogen) atoms. The third-order valence-corrected chi connectivity index (χ3v) is 3.16. The maximum atomic E-state index is 11.5. The van der Waals surface area contributed by atoms with Gasteiger partial charge in [-0.1, -0.05) is 0 Å². The Bertz CT molecular complexity index is 258. The molecule has 2 rings (SSSR count). The molecule has 0 aliphatic carbocycles. The molecule has 2 aliphatic heterocycles. The van der Waals surface area contributed by atoms with Crippen LogP contribution < -0.4 is 5.32 Å². The van der Waals surface area contributed by atoms with Crippen molar-refractivity contribution >= 4 is 11.9 Å². The molecule has 0 saturated carbocycles. The van der Waals surface area contributed by atoms with Gasteiger partial charge in [-0.05, 0) is 19.8 Å². The zero-order valence-corrected chi connectivity index (χ0v) is 8.86. The largest absolute Gasteiger partial charge is 0.381 e. The molecule has 0 radical (unpaired) electrons. The van der Waals surface area contributed by atoms with E-state index < -0.39 is 0 Å². The van der Waals surface area contributed by atoms with E-state index in [1.54, 1.807) is 0 Å². The molecule has 0 aromatic rings. The Morgan fingerprint density at radius 2 is 2.33 bits per heavy atom. The molecule has 5 heteroatoms. The summed E-state index contributed by atoms with van der Waals surface area (Å²) in [5.41, 5.74) is 0. The molecule has 2 unspecified atom stereocenters. The number of imide groups is 1. The van der Waals surface area contributed by atoms with Gasteiger partial charge in [0.15, 0.2) is 0 Å². The maximum Gasteiger partial charge on any atom is 0.324 e. The van der Waals surface area contributed by atoms with Crippen LogP contribution in [-0.4, -0.2) is 42.6 Å². The van der Waals surface area contributed by atoms with Gasteiger partial charge >= 0.3 is 6.03 Å². The van der Waals surface area contributed by atoms with Crippen LogP contribution >= 0.6 is 0 Å². The van der Waals surface area contributed by atoms with Crippen molar-refractivity contribution in [3.05, 3.63) is 0 Å². The number of hydrogen-bond acceptors (Lipinski definition) is 3. The van der Waals surface area contributed by atoms with Gasteiger partial charge in [0.1, 0.15) is 0 Å². The number of amides is 3. The number of hydrogen-bond donors (Lipinski definition) is 1. The second-order valence-electron chi connectivity index (χ2n) is 4.14. The average Bonchev–Trinajstić information content (AvgIpc) is 2.59. The van der Waals surface area contributed by atoms with Crippen molar-refractivity contribution in [2.45, 2.75) is 25.8 Å². The number of nitrogens with zero attached hydrogens (tertiary/aromatic N) is 1. The Morgan fingerprint density at radius 1 is 1.53 bits per heavy atom. The fraction of sp³-hybridized carbons (Fsp3) is 0.800. The lowest BCUT2D eigenvalue weighted by atomic mass is 9.94. The summed E-state index contributed by atoms with van der Waals surface area (Å²) in [4.78, 5) is 24.2. The summed E-state index contributed by atoms with van der Waals surface area (Å²) in [6.07, 6.45) is 2.04. The molecule has 2 fully saturated rings. The Balaban J connectivity index is 2.02. The normalized spacial score (nSPS) is 29.1. The van der Waals surface area contributed by atoms with Crippen molar-refractivity contribution in [2.75, 3.05) is 19.8 Å². The summed E-state index contributed by atoms with van der Waals surface area (Å²) in [5.74, 6) is 0.157. The quantitative estimate of drug-likeness (QED) is 0.672. The third-order valence-electron chi connectivity index (χ3n) is 3.16. The highest BCUT2D eigenvalue weighted by Crippen LogP contribution is 2.22. The van der Waals surface area contributed by atoms with E-state index in [0.29, 0.717) is 6.61 Å². The van der Waals surface area contributed by atoms with Crippen LogP contribution in [0.3, 0.4) is 0 Å². The number of nitrogens with one attached hydrogen (secondary N) is 1. The van der Waals surface area contributed by atoms with E-state index in [2.05, 4.69) is 5.32 Å². The standard InChI is InChI=1S/C10H16N2O3/c1-7(8-3-2-4-15-6-8)12-9(13)5-11-10(12)14/h7-8H,2-6H2,1H3,(H,11,14). The zero-order valence-electron chi connectivity index (χ0n) is 8.86. The molecule has 84 valence electrons. The van der Waals surface area contributed by atoms with Crippen molar-refractivity contribution in [2.24, 2.45) is 5.92 Å². The summed E-state index contributed by atoms with van der Waals surface area (Å²) in [6.45, 7) is 3.50. The summed E-state index contributed by atoms with van der Waals surface area (Å²) in [7, 11) is 0. The van der Waals surface area contributed by atoms with Crippen molar-refractivity contribution in [3.8, 4) is 0 Å². The van der Waals surface area contributed by atoms with Gasteiger partial charge in [0.2, 0.25) is 5.91 Å². The topological polar surface area (TPSA) is 58.6 Å². The van der Waals surface area contributed by atoms with Gasteiger partial charge < -0.3 is 10.1 Å². The summed E-state index contributed by atoms with van der Waals surface area (Å²) >= 11 is 0. The van der Waals surface area contributed by atoms with Crippen LogP contribution in [0.15, 0.2) is 0 Å². The Labute approximate surface area is 88.8 Å². The summed E-state index contributed by atoms with van der Waals surface area (Å²) in [5, 5.41) is 2.54. The lowest BCUT2D eigenvalue weighted by molar-refractivity contribution is -0.127. The highest BCUT2D eigenvalue weighted by Gasteiger charge is 2.36. The van der Waals surface area contributed by atoms with E-state index in [0.717, 1.165) is 19.4 Å². The molecule has 0 spiro atoms. The van der Waals surface area contributed by atoms with Crippen LogP contribution in [0.4, 0.5) is 4.79 Å². The van der Waals surface area contributed by atoms with Crippen LogP contribution in [-0.2, 0) is 9.53 Å². The SMILES string of the molecule is CC(C1CCCOC1)N1C(=O)CNC1=O. The first-order chi connectivity index (χ1) is 7.20. The number of rotatable bonds is 2. The van der Waals surface area contributed by atoms with E-state index >= 15 is 0 Å². The first-order valence-corrected chi connectivity index (χ1v) is 5.38. The smallest absolute Gasteiger partial charge is 0.324 e. The van der Waals surface area contributed by atoms with Crippen LogP contribution in [0.1, 0.15) is 19.8 Å². The number of urea groups is 1. The molecule has 2 saturated heterocycles. The van der Waals surface area contributed by atoms with Crippen LogP contribution in [0.5, 0.6) is 0 Å².